The molecule has 0 radical (unpaired) electrons. The Labute approximate surface area is 233 Å². The van der Waals surface area contributed by atoms with Crippen LogP contribution < -0.4 is 19.6 Å². The van der Waals surface area contributed by atoms with Gasteiger partial charge in [0.15, 0.2) is 0 Å². The van der Waals surface area contributed by atoms with Gasteiger partial charge in [0.25, 0.3) is 0 Å². The van der Waals surface area contributed by atoms with Crippen LogP contribution in [0.15, 0.2) is 146 Å². The Bertz CT molecular complexity index is 1630. The largest absolute Gasteiger partial charge is 0.306 e. The van der Waals surface area contributed by atoms with Crippen molar-refractivity contribution in [2.24, 2.45) is 0 Å². The summed E-state index contributed by atoms with van der Waals surface area (Å²) in [6.07, 6.45) is 0. The molecule has 0 N–H and O–H groups in total. The van der Waals surface area contributed by atoms with Gasteiger partial charge in [-0.25, -0.2) is 0 Å². The molecule has 0 spiro atoms. The minimum Gasteiger partial charge on any atom is -0.306 e. The third-order valence-electron chi connectivity index (χ3n) is 8.14. The van der Waals surface area contributed by atoms with Crippen molar-refractivity contribution >= 4 is 68.2 Å². The maximum Gasteiger partial charge on any atom is 0.0949 e. The second-order valence-corrected chi connectivity index (χ2v) is 10.3. The number of nitrogens with zero attached hydrogens (tertiary/aromatic N) is 4. The number of rotatable bonds is 3. The average molecular weight is 513 g/mol. The smallest absolute Gasteiger partial charge is 0.0949 e. The van der Waals surface area contributed by atoms with Gasteiger partial charge in [-0.3, -0.25) is 4.90 Å². The Balaban J connectivity index is 1.44. The van der Waals surface area contributed by atoms with E-state index in [2.05, 4.69) is 165 Å². The Morgan fingerprint density at radius 1 is 0.225 bits per heavy atom. The Morgan fingerprint density at radius 3 is 0.725 bits per heavy atom. The van der Waals surface area contributed by atoms with Crippen LogP contribution in [0.3, 0.4) is 0 Å². The van der Waals surface area contributed by atoms with Gasteiger partial charge in [-0.05, 0) is 72.8 Å². The van der Waals surface area contributed by atoms with Crippen LogP contribution >= 0.6 is 0 Å². The Morgan fingerprint density at radius 2 is 0.475 bits per heavy atom. The summed E-state index contributed by atoms with van der Waals surface area (Å²) >= 11 is 0. The highest BCUT2D eigenvalue weighted by Crippen LogP contribution is 2.69. The minimum atomic E-state index is 1.14. The zero-order valence-electron chi connectivity index (χ0n) is 21.6. The van der Waals surface area contributed by atoms with Gasteiger partial charge >= 0.3 is 0 Å². The quantitative estimate of drug-likeness (QED) is 0.233. The van der Waals surface area contributed by atoms with E-state index in [0.717, 1.165) is 17.1 Å². The van der Waals surface area contributed by atoms with E-state index in [1.807, 2.05) is 0 Å². The lowest BCUT2D eigenvalue weighted by molar-refractivity contribution is 1.08. The lowest BCUT2D eigenvalue weighted by Gasteiger charge is -2.51. The molecule has 0 unspecified atom stereocenters. The van der Waals surface area contributed by atoms with Crippen LogP contribution in [0.25, 0.3) is 0 Å². The molecule has 6 aromatic rings. The highest BCUT2D eigenvalue weighted by molar-refractivity contribution is 6.20. The molecule has 3 aliphatic rings. The molecule has 40 heavy (non-hydrogen) atoms. The van der Waals surface area contributed by atoms with E-state index in [-0.39, 0.29) is 0 Å². The average Bonchev–Trinajstić information content (AvgIpc) is 3.03. The topological polar surface area (TPSA) is 13.0 Å². The highest BCUT2D eigenvalue weighted by Gasteiger charge is 2.45. The Kier molecular flexibility index (Phi) is 4.30. The van der Waals surface area contributed by atoms with Crippen molar-refractivity contribution in [2.75, 3.05) is 19.6 Å². The number of anilines is 12. The van der Waals surface area contributed by atoms with Crippen molar-refractivity contribution in [3.63, 3.8) is 0 Å². The van der Waals surface area contributed by atoms with Crippen LogP contribution in [0, 0.1) is 0 Å². The maximum atomic E-state index is 2.51. The SMILES string of the molecule is c1ccc(N2c3cccc4c3N3c5c2cccc5N(c2ccccc2)c2cccc(c23)N4c2ccccc2)cc1. The first-order valence-electron chi connectivity index (χ1n) is 13.6. The van der Waals surface area contributed by atoms with Gasteiger partial charge < -0.3 is 14.7 Å². The molecular weight excluding hydrogens is 488 g/mol. The fourth-order valence-corrected chi connectivity index (χ4v) is 6.62. The van der Waals surface area contributed by atoms with Crippen molar-refractivity contribution in [3.8, 4) is 0 Å². The molecular formula is C36H24N4. The molecule has 3 aliphatic heterocycles. The molecule has 9 rings (SSSR count). The van der Waals surface area contributed by atoms with E-state index in [9.17, 15) is 0 Å². The second kappa shape index (κ2) is 8.01. The maximum absolute atomic E-state index is 2.51. The standard InChI is InChI=1S/C36H24N4/c1-4-13-25(14-5-1)37-28-19-10-21-30-34(28)40-35-29(37)20-11-22-31(35)39(27-17-8-3-9-18-27)33-24-12-23-32(36(33)40)38(30)26-15-6-2-7-16-26/h1-24H. The van der Waals surface area contributed by atoms with E-state index in [1.165, 1.54) is 51.2 Å². The summed E-state index contributed by atoms with van der Waals surface area (Å²) < 4.78 is 0. The molecule has 0 saturated heterocycles. The molecule has 4 heteroatoms. The van der Waals surface area contributed by atoms with Gasteiger partial charge in [0.05, 0.1) is 51.2 Å². The van der Waals surface area contributed by atoms with Gasteiger partial charge in [-0.1, -0.05) is 72.8 Å². The summed E-state index contributed by atoms with van der Waals surface area (Å²) in [4.78, 5) is 9.76. The van der Waals surface area contributed by atoms with Crippen molar-refractivity contribution < 1.29 is 0 Å². The number of para-hydroxylation sites is 6. The highest BCUT2D eigenvalue weighted by atomic mass is 15.4. The first-order chi connectivity index (χ1) is 19.9. The van der Waals surface area contributed by atoms with Gasteiger partial charge in [0.1, 0.15) is 0 Å². The summed E-state index contributed by atoms with van der Waals surface area (Å²) in [6, 6.07) is 52.2. The molecule has 0 atom stereocenters. The predicted octanol–water partition coefficient (Wildman–Crippen LogP) is 10.5. The van der Waals surface area contributed by atoms with Gasteiger partial charge in [-0.15, -0.1) is 0 Å². The van der Waals surface area contributed by atoms with Crippen molar-refractivity contribution in [3.05, 3.63) is 146 Å². The van der Waals surface area contributed by atoms with E-state index >= 15 is 0 Å². The zero-order valence-corrected chi connectivity index (χ0v) is 21.6. The van der Waals surface area contributed by atoms with Crippen LogP contribution in [0.1, 0.15) is 0 Å². The van der Waals surface area contributed by atoms with Gasteiger partial charge in [0, 0.05) is 17.1 Å². The molecule has 0 saturated carbocycles. The second-order valence-electron chi connectivity index (χ2n) is 10.3. The molecule has 0 fully saturated rings. The Hall–Kier alpha value is -5.48. The van der Waals surface area contributed by atoms with Crippen LogP contribution in [0.2, 0.25) is 0 Å². The molecule has 4 nitrogen and oxygen atoms in total. The third kappa shape index (κ3) is 2.74. The summed E-state index contributed by atoms with van der Waals surface area (Å²) in [7, 11) is 0. The van der Waals surface area contributed by atoms with E-state index < -0.39 is 0 Å². The summed E-state index contributed by atoms with van der Waals surface area (Å²) in [6.45, 7) is 0. The van der Waals surface area contributed by atoms with Crippen LogP contribution in [0.5, 0.6) is 0 Å². The van der Waals surface area contributed by atoms with Crippen LogP contribution in [-0.2, 0) is 0 Å². The van der Waals surface area contributed by atoms with Crippen molar-refractivity contribution in [1.29, 1.82) is 0 Å². The third-order valence-corrected chi connectivity index (χ3v) is 8.14. The number of hydrogen-bond acceptors (Lipinski definition) is 4. The summed E-state index contributed by atoms with van der Waals surface area (Å²) in [5.74, 6) is 0. The monoisotopic (exact) mass is 512 g/mol. The normalized spacial score (nSPS) is 13.8. The summed E-state index contributed by atoms with van der Waals surface area (Å²) in [5, 5.41) is 0. The van der Waals surface area contributed by atoms with Crippen LogP contribution in [0.4, 0.5) is 68.2 Å². The number of hydrogen-bond donors (Lipinski definition) is 0. The lowest BCUT2D eigenvalue weighted by Crippen LogP contribution is -2.34. The molecule has 188 valence electrons. The molecule has 3 heterocycles. The molecule has 0 bridgehead atoms. The molecule has 0 aliphatic carbocycles. The first kappa shape index (κ1) is 21.5. The summed E-state index contributed by atoms with van der Waals surface area (Å²) in [5.41, 5.74) is 14.0. The molecule has 6 aromatic carbocycles. The van der Waals surface area contributed by atoms with Crippen LogP contribution in [-0.4, -0.2) is 0 Å². The van der Waals surface area contributed by atoms with Crippen molar-refractivity contribution in [2.45, 2.75) is 0 Å². The van der Waals surface area contributed by atoms with E-state index in [0.29, 0.717) is 0 Å². The molecule has 0 aromatic heterocycles. The van der Waals surface area contributed by atoms with E-state index in [1.54, 1.807) is 0 Å². The number of benzene rings is 6. The first-order valence-corrected chi connectivity index (χ1v) is 13.6. The lowest BCUT2D eigenvalue weighted by atomic mass is 9.94. The fraction of sp³-hybridized carbons (Fsp3) is 0. The molecule has 0 amide bonds. The zero-order chi connectivity index (χ0) is 26.2. The van der Waals surface area contributed by atoms with E-state index in [4.69, 9.17) is 0 Å². The minimum absolute atomic E-state index is 1.14. The van der Waals surface area contributed by atoms with Gasteiger partial charge in [-0.2, -0.15) is 0 Å². The van der Waals surface area contributed by atoms with Crippen molar-refractivity contribution in [1.82, 2.24) is 0 Å². The fourth-order valence-electron chi connectivity index (χ4n) is 6.62. The predicted molar refractivity (Wildman–Crippen MR) is 166 cm³/mol. The van der Waals surface area contributed by atoms with Gasteiger partial charge in [0.2, 0.25) is 0 Å².